The summed E-state index contributed by atoms with van der Waals surface area (Å²) >= 11 is 0. The Labute approximate surface area is 130 Å². The van der Waals surface area contributed by atoms with Crippen molar-refractivity contribution in [3.63, 3.8) is 0 Å². The van der Waals surface area contributed by atoms with Gasteiger partial charge in [0.05, 0.1) is 0 Å². The summed E-state index contributed by atoms with van der Waals surface area (Å²) in [5, 5.41) is 31.2. The van der Waals surface area contributed by atoms with Gasteiger partial charge in [0.25, 0.3) is 0 Å². The lowest BCUT2D eigenvalue weighted by atomic mass is 9.93. The van der Waals surface area contributed by atoms with Crippen LogP contribution in [0.15, 0.2) is 38.0 Å². The first-order valence-corrected chi connectivity index (χ1v) is 6.04. The van der Waals surface area contributed by atoms with Crippen molar-refractivity contribution in [2.75, 3.05) is 6.61 Å². The van der Waals surface area contributed by atoms with Crippen LogP contribution in [0.2, 0.25) is 0 Å². The number of rotatable bonds is 4. The van der Waals surface area contributed by atoms with Crippen molar-refractivity contribution >= 4 is 17.9 Å². The van der Waals surface area contributed by atoms with E-state index >= 15 is 0 Å². The number of carbonyl (C=O) groups is 3. The Morgan fingerprint density at radius 1 is 0.818 bits per heavy atom. The summed E-state index contributed by atoms with van der Waals surface area (Å²) in [7, 11) is 0. The summed E-state index contributed by atoms with van der Waals surface area (Å²) in [6.07, 6.45) is 3.40. The minimum atomic E-state index is -0.981. The summed E-state index contributed by atoms with van der Waals surface area (Å²) in [6.45, 7) is 15.5. The Morgan fingerprint density at radius 2 is 1.00 bits per heavy atom. The fourth-order valence-electron chi connectivity index (χ4n) is 0.335. The maximum absolute atomic E-state index is 9.25. The molecule has 0 unspecified atom stereocenters. The zero-order chi connectivity index (χ0) is 18.8. The fraction of sp³-hybridized carbons (Fsp3) is 0.400. The molecule has 0 aromatic heterocycles. The highest BCUT2D eigenvalue weighted by atomic mass is 16.4. The molecule has 0 aliphatic heterocycles. The third-order valence-electron chi connectivity index (χ3n) is 1.39. The van der Waals surface area contributed by atoms with Crippen LogP contribution >= 0.6 is 0 Å². The molecule has 0 aliphatic rings. The first kappa shape index (κ1) is 27.9. The lowest BCUT2D eigenvalue weighted by molar-refractivity contribution is -0.132. The van der Waals surface area contributed by atoms with Crippen molar-refractivity contribution in [2.24, 2.45) is 5.41 Å². The van der Waals surface area contributed by atoms with Crippen molar-refractivity contribution in [3.05, 3.63) is 38.0 Å². The highest BCUT2D eigenvalue weighted by Gasteiger charge is 2.06. The Kier molecular flexibility index (Phi) is 23.5. The van der Waals surface area contributed by atoms with E-state index < -0.39 is 17.9 Å². The average molecular weight is 318 g/mol. The summed E-state index contributed by atoms with van der Waals surface area (Å²) in [6, 6.07) is 0. The molecule has 4 N–H and O–H groups in total. The fourth-order valence-corrected chi connectivity index (χ4v) is 0.335. The van der Waals surface area contributed by atoms with Crippen LogP contribution in [0.5, 0.6) is 0 Å². The SMILES string of the molecule is C=CC(=O)O.C=CC(=O)O.C=CC(=O)O.CC(C)(C)CCO. The van der Waals surface area contributed by atoms with Crippen molar-refractivity contribution in [3.8, 4) is 0 Å². The van der Waals surface area contributed by atoms with Gasteiger partial charge in [0.1, 0.15) is 0 Å². The zero-order valence-corrected chi connectivity index (χ0v) is 13.3. The molecule has 0 aromatic rings. The highest BCUT2D eigenvalue weighted by molar-refractivity contribution is 5.79. The first-order chi connectivity index (χ1) is 9.87. The van der Waals surface area contributed by atoms with E-state index in [4.69, 9.17) is 20.4 Å². The second-order valence-corrected chi connectivity index (χ2v) is 4.66. The molecule has 0 spiro atoms. The van der Waals surface area contributed by atoms with Gasteiger partial charge in [-0.1, -0.05) is 40.5 Å². The molecule has 0 atom stereocenters. The van der Waals surface area contributed by atoms with Crippen molar-refractivity contribution in [1.82, 2.24) is 0 Å². The maximum atomic E-state index is 9.25. The van der Waals surface area contributed by atoms with Crippen LogP contribution in [0.25, 0.3) is 0 Å². The topological polar surface area (TPSA) is 132 Å². The van der Waals surface area contributed by atoms with Gasteiger partial charge >= 0.3 is 17.9 Å². The Morgan fingerprint density at radius 3 is 1.00 bits per heavy atom. The zero-order valence-electron chi connectivity index (χ0n) is 13.3. The van der Waals surface area contributed by atoms with Gasteiger partial charge in [0.15, 0.2) is 0 Å². The summed E-state index contributed by atoms with van der Waals surface area (Å²) in [5.41, 5.74) is 0.300. The highest BCUT2D eigenvalue weighted by Crippen LogP contribution is 2.16. The van der Waals surface area contributed by atoms with E-state index in [9.17, 15) is 14.4 Å². The lowest BCUT2D eigenvalue weighted by Crippen LogP contribution is -2.06. The molecule has 0 rings (SSSR count). The van der Waals surface area contributed by atoms with Crippen LogP contribution in [-0.4, -0.2) is 44.9 Å². The van der Waals surface area contributed by atoms with Gasteiger partial charge in [-0.15, -0.1) is 0 Å². The molecular weight excluding hydrogens is 292 g/mol. The van der Waals surface area contributed by atoms with E-state index in [1.54, 1.807) is 0 Å². The predicted molar refractivity (Wildman–Crippen MR) is 84.7 cm³/mol. The number of hydrogen-bond acceptors (Lipinski definition) is 4. The summed E-state index contributed by atoms with van der Waals surface area (Å²) < 4.78 is 0. The third-order valence-corrected chi connectivity index (χ3v) is 1.39. The Hall–Kier alpha value is -2.41. The van der Waals surface area contributed by atoms with Crippen LogP contribution in [0.1, 0.15) is 27.2 Å². The van der Waals surface area contributed by atoms with Gasteiger partial charge in [-0.2, -0.15) is 0 Å². The van der Waals surface area contributed by atoms with Crippen molar-refractivity contribution < 1.29 is 34.8 Å². The van der Waals surface area contributed by atoms with Crippen LogP contribution in [0.3, 0.4) is 0 Å². The molecule has 0 amide bonds. The van der Waals surface area contributed by atoms with Crippen molar-refractivity contribution in [2.45, 2.75) is 27.2 Å². The minimum absolute atomic E-state index is 0.300. The summed E-state index contributed by atoms with van der Waals surface area (Å²) in [4.78, 5) is 27.8. The normalized spacial score (nSPS) is 8.18. The minimum Gasteiger partial charge on any atom is -0.478 e. The predicted octanol–water partition coefficient (Wildman–Crippen LogP) is 2.19. The quantitative estimate of drug-likeness (QED) is 0.584. The van der Waals surface area contributed by atoms with Crippen LogP contribution in [0, 0.1) is 5.41 Å². The molecule has 128 valence electrons. The second-order valence-electron chi connectivity index (χ2n) is 4.66. The average Bonchev–Trinajstić information content (AvgIpc) is 2.39. The lowest BCUT2D eigenvalue weighted by Gasteiger charge is -2.14. The van der Waals surface area contributed by atoms with Crippen LogP contribution in [0.4, 0.5) is 0 Å². The molecule has 0 aliphatic carbocycles. The van der Waals surface area contributed by atoms with Gasteiger partial charge < -0.3 is 20.4 Å². The van der Waals surface area contributed by atoms with Crippen molar-refractivity contribution in [1.29, 1.82) is 0 Å². The Balaban J connectivity index is -0.0000000995. The van der Waals surface area contributed by atoms with Crippen LogP contribution < -0.4 is 0 Å². The number of aliphatic hydroxyl groups excluding tert-OH is 1. The molecule has 7 nitrogen and oxygen atoms in total. The van der Waals surface area contributed by atoms with Gasteiger partial charge in [-0.25, -0.2) is 14.4 Å². The molecule has 7 heteroatoms. The first-order valence-electron chi connectivity index (χ1n) is 6.04. The summed E-state index contributed by atoms with van der Waals surface area (Å²) in [5.74, 6) is -2.94. The molecule has 0 aromatic carbocycles. The largest absolute Gasteiger partial charge is 0.478 e. The number of hydrogen-bond donors (Lipinski definition) is 4. The number of aliphatic hydroxyl groups is 1. The van der Waals surface area contributed by atoms with Gasteiger partial charge in [-0.05, 0) is 11.8 Å². The number of carboxylic acid groups (broad SMARTS) is 3. The molecule has 0 bridgehead atoms. The van der Waals surface area contributed by atoms with Crippen LogP contribution in [-0.2, 0) is 14.4 Å². The number of carboxylic acids is 3. The van der Waals surface area contributed by atoms with Gasteiger partial charge in [-0.3, -0.25) is 0 Å². The molecule has 22 heavy (non-hydrogen) atoms. The monoisotopic (exact) mass is 318 g/mol. The molecule has 0 saturated carbocycles. The molecule has 0 fully saturated rings. The van der Waals surface area contributed by atoms with Gasteiger partial charge in [0.2, 0.25) is 0 Å². The molecular formula is C15H26O7. The molecule has 0 heterocycles. The van der Waals surface area contributed by atoms with E-state index in [0.717, 1.165) is 24.6 Å². The molecule has 0 saturated heterocycles. The number of aliphatic carboxylic acids is 3. The molecule has 0 radical (unpaired) electrons. The Bertz CT molecular complexity index is 309. The third kappa shape index (κ3) is 84.0. The van der Waals surface area contributed by atoms with E-state index in [1.165, 1.54) is 0 Å². The van der Waals surface area contributed by atoms with E-state index in [0.29, 0.717) is 12.0 Å². The smallest absolute Gasteiger partial charge is 0.327 e. The van der Waals surface area contributed by atoms with E-state index in [2.05, 4.69) is 40.5 Å². The van der Waals surface area contributed by atoms with Gasteiger partial charge in [0, 0.05) is 24.8 Å². The maximum Gasteiger partial charge on any atom is 0.327 e. The van der Waals surface area contributed by atoms with E-state index in [-0.39, 0.29) is 0 Å². The van der Waals surface area contributed by atoms with E-state index in [1.807, 2.05) is 0 Å². The second kappa shape index (κ2) is 18.6. The standard InChI is InChI=1S/C6H14O.3C3H4O2/c1-6(2,3)4-5-7;3*1-2-3(4)5/h7H,4-5H2,1-3H3;3*2H,1H2,(H,4,5).